The van der Waals surface area contributed by atoms with Gasteiger partial charge in [-0.15, -0.1) is 11.8 Å². The molecule has 1 aliphatic heterocycles. The second-order valence-electron chi connectivity index (χ2n) is 2.61. The number of rotatable bonds is 2. The van der Waals surface area contributed by atoms with E-state index in [1.54, 1.807) is 0 Å². The Bertz CT molecular complexity index is 151. The molecule has 3 nitrogen and oxygen atoms in total. The van der Waals surface area contributed by atoms with Crippen LogP contribution in [-0.4, -0.2) is 28.2 Å². The van der Waals surface area contributed by atoms with E-state index >= 15 is 0 Å². The van der Waals surface area contributed by atoms with Crippen LogP contribution in [0.25, 0.3) is 0 Å². The monoisotopic (exact) mass is 175 g/mol. The Kier molecular flexibility index (Phi) is 3.20. The molecule has 0 saturated carbocycles. The molecule has 0 bridgehead atoms. The first-order valence-corrected chi connectivity index (χ1v) is 4.89. The average molecular weight is 175 g/mol. The molecule has 2 N–H and O–H groups in total. The zero-order chi connectivity index (χ0) is 8.27. The molecule has 0 aromatic heterocycles. The Hall–Kier alpha value is -0.220. The van der Waals surface area contributed by atoms with Gasteiger partial charge < -0.3 is 5.11 Å². The van der Waals surface area contributed by atoms with E-state index in [9.17, 15) is 4.79 Å². The van der Waals surface area contributed by atoms with Crippen molar-refractivity contribution in [3.63, 3.8) is 0 Å². The first-order chi connectivity index (χ1) is 5.24. The molecular formula is C7H13NO2S. The minimum absolute atomic E-state index is 0.318. The highest BCUT2D eigenvalue weighted by atomic mass is 32.2. The van der Waals surface area contributed by atoms with Crippen molar-refractivity contribution in [1.29, 1.82) is 0 Å². The zero-order valence-electron chi connectivity index (χ0n) is 6.54. The van der Waals surface area contributed by atoms with Crippen LogP contribution in [-0.2, 0) is 4.79 Å². The van der Waals surface area contributed by atoms with Gasteiger partial charge in [0.1, 0.15) is 6.04 Å². The van der Waals surface area contributed by atoms with E-state index in [0.717, 1.165) is 18.6 Å². The van der Waals surface area contributed by atoms with Gasteiger partial charge in [0.05, 0.1) is 5.37 Å². The van der Waals surface area contributed by atoms with Gasteiger partial charge >= 0.3 is 5.97 Å². The standard InChI is InChI=1S/C7H13NO2S/c1-2-6-8-5(7(9)10)3-4-11-6/h5-6,8H,2-4H2,1H3,(H,9,10)/t5-,6+/m0/s1. The second-order valence-corrected chi connectivity index (χ2v) is 3.92. The fourth-order valence-corrected chi connectivity index (χ4v) is 2.27. The van der Waals surface area contributed by atoms with Crippen LogP contribution in [0.1, 0.15) is 19.8 Å². The Balaban J connectivity index is 2.39. The average Bonchev–Trinajstić information content (AvgIpc) is 2.05. The summed E-state index contributed by atoms with van der Waals surface area (Å²) in [6, 6.07) is -0.318. The van der Waals surface area contributed by atoms with Crippen molar-refractivity contribution in [2.45, 2.75) is 31.2 Å². The van der Waals surface area contributed by atoms with Crippen LogP contribution in [0.3, 0.4) is 0 Å². The van der Waals surface area contributed by atoms with Crippen LogP contribution >= 0.6 is 11.8 Å². The molecule has 0 spiro atoms. The SMILES string of the molecule is CC[C@@H]1N[C@H](C(=O)O)CCS1. The summed E-state index contributed by atoms with van der Waals surface area (Å²) in [5.74, 6) is 0.242. The third kappa shape index (κ3) is 2.38. The van der Waals surface area contributed by atoms with Crippen molar-refractivity contribution in [1.82, 2.24) is 5.32 Å². The Labute approximate surface area is 70.6 Å². The second kappa shape index (κ2) is 3.97. The third-order valence-corrected chi connectivity index (χ3v) is 3.12. The molecule has 64 valence electrons. The highest BCUT2D eigenvalue weighted by Crippen LogP contribution is 2.20. The fraction of sp³-hybridized carbons (Fsp3) is 0.857. The quantitative estimate of drug-likeness (QED) is 0.654. The van der Waals surface area contributed by atoms with Crippen molar-refractivity contribution in [3.05, 3.63) is 0 Å². The van der Waals surface area contributed by atoms with E-state index in [1.807, 2.05) is 11.8 Å². The number of carboxylic acids is 1. The van der Waals surface area contributed by atoms with Gasteiger partial charge in [-0.1, -0.05) is 6.92 Å². The lowest BCUT2D eigenvalue weighted by atomic mass is 10.2. The summed E-state index contributed by atoms with van der Waals surface area (Å²) in [6.45, 7) is 2.06. The predicted molar refractivity (Wildman–Crippen MR) is 45.7 cm³/mol. The minimum atomic E-state index is -0.719. The highest BCUT2D eigenvalue weighted by molar-refractivity contribution is 7.99. The number of nitrogens with one attached hydrogen (secondary N) is 1. The molecule has 0 amide bonds. The van der Waals surface area contributed by atoms with Crippen LogP contribution in [0.2, 0.25) is 0 Å². The molecule has 0 radical (unpaired) electrons. The molecule has 1 fully saturated rings. The topological polar surface area (TPSA) is 49.3 Å². The Morgan fingerprint density at radius 2 is 2.55 bits per heavy atom. The van der Waals surface area contributed by atoms with Gasteiger partial charge in [-0.05, 0) is 18.6 Å². The number of hydrogen-bond donors (Lipinski definition) is 2. The Morgan fingerprint density at radius 3 is 3.09 bits per heavy atom. The summed E-state index contributed by atoms with van der Waals surface area (Å²) in [5.41, 5.74) is 0. The van der Waals surface area contributed by atoms with Crippen molar-refractivity contribution in [2.24, 2.45) is 0 Å². The molecule has 0 aromatic rings. The maximum atomic E-state index is 10.5. The predicted octanol–water partition coefficient (Wildman–Crippen LogP) is 0.902. The maximum Gasteiger partial charge on any atom is 0.320 e. The summed E-state index contributed by atoms with van der Waals surface area (Å²) in [6.07, 6.45) is 1.74. The number of carbonyl (C=O) groups is 1. The summed E-state index contributed by atoms with van der Waals surface area (Å²) in [7, 11) is 0. The van der Waals surface area contributed by atoms with Gasteiger partial charge in [0.2, 0.25) is 0 Å². The molecule has 0 unspecified atom stereocenters. The summed E-state index contributed by atoms with van der Waals surface area (Å²) in [5, 5.41) is 12.1. The van der Waals surface area contributed by atoms with E-state index in [4.69, 9.17) is 5.11 Å². The first-order valence-electron chi connectivity index (χ1n) is 3.84. The molecule has 4 heteroatoms. The summed E-state index contributed by atoms with van der Waals surface area (Å²) >= 11 is 1.81. The largest absolute Gasteiger partial charge is 0.480 e. The van der Waals surface area contributed by atoms with Gasteiger partial charge in [0.15, 0.2) is 0 Å². The summed E-state index contributed by atoms with van der Waals surface area (Å²) in [4.78, 5) is 10.5. The van der Waals surface area contributed by atoms with E-state index in [0.29, 0.717) is 5.37 Å². The molecule has 1 heterocycles. The van der Waals surface area contributed by atoms with E-state index in [1.165, 1.54) is 0 Å². The van der Waals surface area contributed by atoms with Gasteiger partial charge in [0.25, 0.3) is 0 Å². The molecule has 1 rings (SSSR count). The molecule has 11 heavy (non-hydrogen) atoms. The lowest BCUT2D eigenvalue weighted by Gasteiger charge is -2.26. The van der Waals surface area contributed by atoms with Crippen molar-refractivity contribution >= 4 is 17.7 Å². The van der Waals surface area contributed by atoms with Crippen molar-refractivity contribution < 1.29 is 9.90 Å². The van der Waals surface area contributed by atoms with E-state index < -0.39 is 5.97 Å². The van der Waals surface area contributed by atoms with E-state index in [2.05, 4.69) is 12.2 Å². The molecule has 0 aliphatic carbocycles. The Morgan fingerprint density at radius 1 is 1.82 bits per heavy atom. The molecule has 1 aliphatic rings. The van der Waals surface area contributed by atoms with Gasteiger partial charge in [0, 0.05) is 0 Å². The smallest absolute Gasteiger partial charge is 0.320 e. The van der Waals surface area contributed by atoms with Crippen LogP contribution in [0.15, 0.2) is 0 Å². The molecule has 0 aromatic carbocycles. The van der Waals surface area contributed by atoms with Gasteiger partial charge in [-0.2, -0.15) is 0 Å². The molecular weight excluding hydrogens is 162 g/mol. The minimum Gasteiger partial charge on any atom is -0.480 e. The third-order valence-electron chi connectivity index (χ3n) is 1.78. The van der Waals surface area contributed by atoms with Crippen molar-refractivity contribution in [3.8, 4) is 0 Å². The summed E-state index contributed by atoms with van der Waals surface area (Å²) < 4.78 is 0. The van der Waals surface area contributed by atoms with Gasteiger partial charge in [-0.3, -0.25) is 10.1 Å². The normalized spacial score (nSPS) is 31.7. The van der Waals surface area contributed by atoms with Crippen LogP contribution in [0.4, 0.5) is 0 Å². The number of aliphatic carboxylic acids is 1. The van der Waals surface area contributed by atoms with Crippen molar-refractivity contribution in [2.75, 3.05) is 5.75 Å². The lowest BCUT2D eigenvalue weighted by Crippen LogP contribution is -2.45. The van der Waals surface area contributed by atoms with Gasteiger partial charge in [-0.25, -0.2) is 0 Å². The number of carboxylic acid groups (broad SMARTS) is 1. The van der Waals surface area contributed by atoms with Crippen LogP contribution in [0, 0.1) is 0 Å². The maximum absolute atomic E-state index is 10.5. The molecule has 1 saturated heterocycles. The fourth-order valence-electron chi connectivity index (χ4n) is 1.11. The van der Waals surface area contributed by atoms with Crippen LogP contribution in [0.5, 0.6) is 0 Å². The number of hydrogen-bond acceptors (Lipinski definition) is 3. The first kappa shape index (κ1) is 8.87. The lowest BCUT2D eigenvalue weighted by molar-refractivity contribution is -0.139. The number of thioether (sulfide) groups is 1. The van der Waals surface area contributed by atoms with Crippen LogP contribution < -0.4 is 5.32 Å². The molecule has 2 atom stereocenters. The zero-order valence-corrected chi connectivity index (χ0v) is 7.36. The highest BCUT2D eigenvalue weighted by Gasteiger charge is 2.24. The van der Waals surface area contributed by atoms with E-state index in [-0.39, 0.29) is 6.04 Å².